The normalized spacial score (nSPS) is 12.9. The fourth-order valence-corrected chi connectivity index (χ4v) is 4.49. The number of anilines is 1. The molecule has 0 atom stereocenters. The Morgan fingerprint density at radius 1 is 1.13 bits per heavy atom. The van der Waals surface area contributed by atoms with Gasteiger partial charge >= 0.3 is 0 Å². The topological polar surface area (TPSA) is 64.1 Å². The molecule has 164 valence electrons. The molecular formula is C21H21Cl2N3O4S. The van der Waals surface area contributed by atoms with Crippen molar-refractivity contribution in [2.45, 2.75) is 0 Å². The number of carbonyl (C=O) groups is 1. The van der Waals surface area contributed by atoms with E-state index in [-0.39, 0.29) is 12.5 Å². The third-order valence-electron chi connectivity index (χ3n) is 4.59. The molecule has 3 aromatic rings. The minimum absolute atomic E-state index is 0.173. The molecular weight excluding hydrogens is 461 g/mol. The van der Waals surface area contributed by atoms with Gasteiger partial charge in [0.2, 0.25) is 0 Å². The zero-order chi connectivity index (χ0) is 22.0. The molecule has 0 N–H and O–H groups in total. The van der Waals surface area contributed by atoms with E-state index < -0.39 is 0 Å². The summed E-state index contributed by atoms with van der Waals surface area (Å²) >= 11 is 13.5. The van der Waals surface area contributed by atoms with Crippen molar-refractivity contribution in [3.05, 3.63) is 40.4 Å². The minimum atomic E-state index is -0.218. The lowest BCUT2D eigenvalue weighted by Gasteiger charge is -2.22. The van der Waals surface area contributed by atoms with Gasteiger partial charge in [0.05, 0.1) is 15.2 Å². The first-order valence-electron chi connectivity index (χ1n) is 9.64. The maximum Gasteiger partial charge on any atom is 0.266 e. The number of amides is 1. The number of aromatic nitrogens is 1. The van der Waals surface area contributed by atoms with E-state index in [0.717, 1.165) is 10.2 Å². The number of rotatable bonds is 7. The van der Waals surface area contributed by atoms with Crippen LogP contribution in [0.4, 0.5) is 5.13 Å². The Bertz CT molecular complexity index is 1060. The molecule has 10 heteroatoms. The van der Waals surface area contributed by atoms with Crippen molar-refractivity contribution in [1.29, 1.82) is 0 Å². The molecule has 0 bridgehead atoms. The lowest BCUT2D eigenvalue weighted by molar-refractivity contribution is -0.120. The second-order valence-corrected chi connectivity index (χ2v) is 9.02. The van der Waals surface area contributed by atoms with E-state index in [2.05, 4.69) is 4.98 Å². The number of hydrogen-bond acceptors (Lipinski definition) is 7. The van der Waals surface area contributed by atoms with Crippen molar-refractivity contribution in [1.82, 2.24) is 9.88 Å². The number of carbonyl (C=O) groups excluding carboxylic acids is 1. The van der Waals surface area contributed by atoms with Crippen LogP contribution in [0.2, 0.25) is 10.0 Å². The predicted molar refractivity (Wildman–Crippen MR) is 123 cm³/mol. The van der Waals surface area contributed by atoms with Gasteiger partial charge in [-0.05, 0) is 32.3 Å². The van der Waals surface area contributed by atoms with Crippen molar-refractivity contribution >= 4 is 55.8 Å². The fourth-order valence-electron chi connectivity index (χ4n) is 3.00. The zero-order valence-electron chi connectivity index (χ0n) is 17.1. The number of fused-ring (bicyclic) bond motifs is 2. The maximum absolute atomic E-state index is 13.1. The second kappa shape index (κ2) is 9.48. The number of halogens is 2. The molecule has 0 radical (unpaired) electrons. The van der Waals surface area contributed by atoms with Gasteiger partial charge in [-0.25, -0.2) is 4.98 Å². The Labute approximate surface area is 194 Å². The van der Waals surface area contributed by atoms with Crippen LogP contribution in [0.25, 0.3) is 10.2 Å². The molecule has 0 aliphatic carbocycles. The summed E-state index contributed by atoms with van der Waals surface area (Å²) in [5, 5.41) is 1.45. The van der Waals surface area contributed by atoms with Gasteiger partial charge in [0, 0.05) is 30.2 Å². The molecule has 1 amide bonds. The number of benzene rings is 2. The molecule has 31 heavy (non-hydrogen) atoms. The molecule has 7 nitrogen and oxygen atoms in total. The van der Waals surface area contributed by atoms with Gasteiger partial charge in [-0.1, -0.05) is 34.5 Å². The highest BCUT2D eigenvalue weighted by Gasteiger charge is 2.22. The van der Waals surface area contributed by atoms with Crippen molar-refractivity contribution in [3.63, 3.8) is 0 Å². The van der Waals surface area contributed by atoms with Gasteiger partial charge in [0.25, 0.3) is 5.91 Å². The van der Waals surface area contributed by atoms with Gasteiger partial charge in [-0.3, -0.25) is 9.69 Å². The average Bonchev–Trinajstić information content (AvgIpc) is 3.13. The molecule has 1 aliphatic rings. The zero-order valence-corrected chi connectivity index (χ0v) is 19.4. The molecule has 0 saturated heterocycles. The lowest BCUT2D eigenvalue weighted by Crippen LogP contribution is -2.39. The monoisotopic (exact) mass is 481 g/mol. The Morgan fingerprint density at radius 3 is 2.58 bits per heavy atom. The highest BCUT2D eigenvalue weighted by molar-refractivity contribution is 7.22. The van der Waals surface area contributed by atoms with E-state index in [9.17, 15) is 4.79 Å². The fraction of sp³-hybridized carbons (Fsp3) is 0.333. The summed E-state index contributed by atoms with van der Waals surface area (Å²) in [6.07, 6.45) is 0. The van der Waals surface area contributed by atoms with E-state index in [1.54, 1.807) is 23.1 Å². The van der Waals surface area contributed by atoms with Gasteiger partial charge in [-0.15, -0.1) is 0 Å². The van der Waals surface area contributed by atoms with E-state index in [0.29, 0.717) is 58.7 Å². The quantitative estimate of drug-likeness (QED) is 0.499. The standard InChI is InChI=1S/C21H21Cl2N3O4S/c1-25(2)5-6-26(20(27)12-30-16-4-3-13(22)9-14(16)23)21-24-15-10-17-18(11-19(15)31-21)29-8-7-28-17/h3-4,9-11H,5-8,12H2,1-2H3. The Balaban J connectivity index is 1.57. The minimum Gasteiger partial charge on any atom is -0.486 e. The van der Waals surface area contributed by atoms with Crippen LogP contribution in [0, 0.1) is 0 Å². The molecule has 1 aromatic heterocycles. The average molecular weight is 482 g/mol. The third kappa shape index (κ3) is 5.15. The third-order valence-corrected chi connectivity index (χ3v) is 6.16. The van der Waals surface area contributed by atoms with E-state index in [1.807, 2.05) is 31.1 Å². The SMILES string of the molecule is CN(C)CCN(C(=O)COc1ccc(Cl)cc1Cl)c1nc2cc3c(cc2s1)OCCO3. The summed E-state index contributed by atoms with van der Waals surface area (Å²) in [4.78, 5) is 21.4. The van der Waals surface area contributed by atoms with Gasteiger partial charge < -0.3 is 19.1 Å². The molecule has 1 aliphatic heterocycles. The molecule has 2 aromatic carbocycles. The van der Waals surface area contributed by atoms with E-state index in [4.69, 9.17) is 37.4 Å². The Hall–Kier alpha value is -2.26. The first-order valence-corrected chi connectivity index (χ1v) is 11.2. The van der Waals surface area contributed by atoms with Crippen LogP contribution < -0.4 is 19.1 Å². The van der Waals surface area contributed by atoms with Crippen LogP contribution in [0.1, 0.15) is 0 Å². The smallest absolute Gasteiger partial charge is 0.266 e. The maximum atomic E-state index is 13.1. The second-order valence-electron chi connectivity index (χ2n) is 7.17. The number of ether oxygens (including phenoxy) is 3. The van der Waals surface area contributed by atoms with E-state index >= 15 is 0 Å². The van der Waals surface area contributed by atoms with Crippen molar-refractivity contribution in [3.8, 4) is 17.2 Å². The first kappa shape index (κ1) is 22.0. The summed E-state index contributed by atoms with van der Waals surface area (Å²) in [6, 6.07) is 8.64. The number of nitrogens with zero attached hydrogens (tertiary/aromatic N) is 3. The molecule has 0 spiro atoms. The summed E-state index contributed by atoms with van der Waals surface area (Å²) in [5.74, 6) is 1.55. The van der Waals surface area contributed by atoms with Crippen LogP contribution in [0.5, 0.6) is 17.2 Å². The van der Waals surface area contributed by atoms with E-state index in [1.165, 1.54) is 11.3 Å². The van der Waals surface area contributed by atoms with Crippen LogP contribution in [0.3, 0.4) is 0 Å². The molecule has 0 saturated carbocycles. The van der Waals surface area contributed by atoms with Gasteiger partial charge in [-0.2, -0.15) is 0 Å². The van der Waals surface area contributed by atoms with Crippen LogP contribution >= 0.6 is 34.5 Å². The van der Waals surface area contributed by atoms with Crippen molar-refractivity contribution < 1.29 is 19.0 Å². The van der Waals surface area contributed by atoms with Crippen LogP contribution in [0.15, 0.2) is 30.3 Å². The summed E-state index contributed by atoms with van der Waals surface area (Å²) in [6.45, 7) is 1.99. The van der Waals surface area contributed by atoms with Crippen molar-refractivity contribution in [2.24, 2.45) is 0 Å². The summed E-state index contributed by atoms with van der Waals surface area (Å²) in [5.41, 5.74) is 0.758. The highest BCUT2D eigenvalue weighted by atomic mass is 35.5. The van der Waals surface area contributed by atoms with Gasteiger partial charge in [0.15, 0.2) is 23.2 Å². The predicted octanol–water partition coefficient (Wildman–Crippen LogP) is 4.35. The van der Waals surface area contributed by atoms with Crippen LogP contribution in [-0.2, 0) is 4.79 Å². The molecule has 4 rings (SSSR count). The number of likely N-dealkylation sites (N-methyl/N-ethyl adjacent to an activating group) is 1. The number of thiazole rings is 1. The summed E-state index contributed by atoms with van der Waals surface area (Å²) < 4.78 is 17.9. The number of hydrogen-bond donors (Lipinski definition) is 0. The molecule has 0 fully saturated rings. The molecule has 0 unspecified atom stereocenters. The van der Waals surface area contributed by atoms with Crippen molar-refractivity contribution in [2.75, 3.05) is 51.9 Å². The Morgan fingerprint density at radius 2 is 1.87 bits per heavy atom. The highest BCUT2D eigenvalue weighted by Crippen LogP contribution is 2.39. The lowest BCUT2D eigenvalue weighted by atomic mass is 10.3. The largest absolute Gasteiger partial charge is 0.486 e. The van der Waals surface area contributed by atoms with Crippen LogP contribution in [-0.4, -0.2) is 62.8 Å². The summed E-state index contributed by atoms with van der Waals surface area (Å²) in [7, 11) is 3.90. The van der Waals surface area contributed by atoms with Gasteiger partial charge in [0.1, 0.15) is 19.0 Å². The first-order chi connectivity index (χ1) is 14.9. The molecule has 2 heterocycles. The Kier molecular flexibility index (Phi) is 6.71.